The van der Waals surface area contributed by atoms with Crippen molar-refractivity contribution in [2.24, 2.45) is 5.92 Å². The molecule has 0 spiro atoms. The predicted octanol–water partition coefficient (Wildman–Crippen LogP) is 1.93. The molecule has 0 saturated carbocycles. The van der Waals surface area contributed by atoms with Crippen LogP contribution in [-0.2, 0) is 0 Å². The van der Waals surface area contributed by atoms with Crippen LogP contribution < -0.4 is 0 Å². The quantitative estimate of drug-likeness (QED) is 0.835. The van der Waals surface area contributed by atoms with Crippen LogP contribution in [0.4, 0.5) is 0 Å². The van der Waals surface area contributed by atoms with Gasteiger partial charge in [0.2, 0.25) is 0 Å². The fraction of sp³-hybridized carbons (Fsp3) is 0.500. The van der Waals surface area contributed by atoms with Crippen LogP contribution in [-0.4, -0.2) is 40.6 Å². The van der Waals surface area contributed by atoms with Gasteiger partial charge in [-0.1, -0.05) is 32.1 Å². The van der Waals surface area contributed by atoms with Gasteiger partial charge in [0.1, 0.15) is 12.3 Å². The molecule has 1 unspecified atom stereocenters. The largest absolute Gasteiger partial charge is 0.384 e. The normalized spacial score (nSPS) is 11.4. The van der Waals surface area contributed by atoms with Gasteiger partial charge in [-0.25, -0.2) is 4.98 Å². The van der Waals surface area contributed by atoms with Gasteiger partial charge >= 0.3 is 0 Å². The first kappa shape index (κ1) is 16.2. The number of aromatic nitrogens is 1. The van der Waals surface area contributed by atoms with Crippen LogP contribution in [0.15, 0.2) is 18.3 Å². The minimum absolute atomic E-state index is 0.101. The lowest BCUT2D eigenvalue weighted by Gasteiger charge is -2.24. The van der Waals surface area contributed by atoms with Crippen LogP contribution >= 0.6 is 0 Å². The highest BCUT2D eigenvalue weighted by Gasteiger charge is 2.19. The van der Waals surface area contributed by atoms with Crippen molar-refractivity contribution in [2.75, 3.05) is 19.7 Å². The minimum Gasteiger partial charge on any atom is -0.384 e. The third-order valence-corrected chi connectivity index (χ3v) is 3.21. The van der Waals surface area contributed by atoms with E-state index in [2.05, 4.69) is 30.7 Å². The van der Waals surface area contributed by atoms with Gasteiger partial charge in [-0.15, -0.1) is 0 Å². The third-order valence-electron chi connectivity index (χ3n) is 3.21. The summed E-state index contributed by atoms with van der Waals surface area (Å²) in [5.41, 5.74) is 0.924. The van der Waals surface area contributed by atoms with E-state index in [9.17, 15) is 4.79 Å². The lowest BCUT2D eigenvalue weighted by molar-refractivity contribution is 0.0734. The van der Waals surface area contributed by atoms with Crippen molar-refractivity contribution in [3.05, 3.63) is 29.6 Å². The second-order valence-electron chi connectivity index (χ2n) is 4.72. The molecule has 0 saturated heterocycles. The van der Waals surface area contributed by atoms with E-state index in [1.165, 1.54) is 0 Å². The van der Waals surface area contributed by atoms with E-state index in [0.29, 0.717) is 23.7 Å². The first-order chi connectivity index (χ1) is 9.63. The Balaban J connectivity index is 3.00. The number of pyridine rings is 1. The van der Waals surface area contributed by atoms with E-state index in [1.54, 1.807) is 23.2 Å². The van der Waals surface area contributed by atoms with E-state index in [-0.39, 0.29) is 12.5 Å². The number of rotatable bonds is 5. The Kier molecular flexibility index (Phi) is 6.75. The standard InChI is InChI=1S/C16H22N2O2/c1-4-13(3)12-18(5-2)16(20)15-14(9-7-11-19)8-6-10-17-15/h6,8,10,13,19H,4-5,11-12H2,1-3H3. The molecule has 1 N–H and O–H groups in total. The fourth-order valence-electron chi connectivity index (χ4n) is 1.82. The summed E-state index contributed by atoms with van der Waals surface area (Å²) >= 11 is 0. The summed E-state index contributed by atoms with van der Waals surface area (Å²) in [7, 11) is 0. The summed E-state index contributed by atoms with van der Waals surface area (Å²) in [4.78, 5) is 18.5. The average Bonchev–Trinajstić information content (AvgIpc) is 2.49. The number of hydrogen-bond donors (Lipinski definition) is 1. The van der Waals surface area contributed by atoms with Gasteiger partial charge < -0.3 is 10.0 Å². The Hall–Kier alpha value is -1.86. The monoisotopic (exact) mass is 274 g/mol. The second-order valence-corrected chi connectivity index (χ2v) is 4.72. The lowest BCUT2D eigenvalue weighted by atomic mass is 10.1. The summed E-state index contributed by atoms with van der Waals surface area (Å²) in [6.07, 6.45) is 2.62. The van der Waals surface area contributed by atoms with Gasteiger partial charge in [-0.3, -0.25) is 4.79 Å². The molecule has 20 heavy (non-hydrogen) atoms. The molecule has 1 amide bonds. The molecule has 0 fully saturated rings. The average molecular weight is 274 g/mol. The Bertz CT molecular complexity index is 503. The SMILES string of the molecule is CCC(C)CN(CC)C(=O)c1ncccc1C#CCO. The van der Waals surface area contributed by atoms with Crippen LogP contribution in [0.5, 0.6) is 0 Å². The molecule has 1 aromatic heterocycles. The summed E-state index contributed by atoms with van der Waals surface area (Å²) < 4.78 is 0. The maximum Gasteiger partial charge on any atom is 0.273 e. The third kappa shape index (κ3) is 4.36. The van der Waals surface area contributed by atoms with Gasteiger partial charge in [0.05, 0.1) is 5.56 Å². The number of aliphatic hydroxyl groups is 1. The van der Waals surface area contributed by atoms with E-state index >= 15 is 0 Å². The lowest BCUT2D eigenvalue weighted by Crippen LogP contribution is -2.35. The number of carbonyl (C=O) groups excluding carboxylic acids is 1. The van der Waals surface area contributed by atoms with Gasteiger partial charge in [-0.05, 0) is 25.0 Å². The van der Waals surface area contributed by atoms with E-state index in [1.807, 2.05) is 6.92 Å². The Morgan fingerprint density at radius 3 is 2.85 bits per heavy atom. The Morgan fingerprint density at radius 2 is 2.25 bits per heavy atom. The Labute approximate surface area is 120 Å². The first-order valence-electron chi connectivity index (χ1n) is 6.98. The summed E-state index contributed by atoms with van der Waals surface area (Å²) in [5, 5.41) is 8.77. The smallest absolute Gasteiger partial charge is 0.273 e. The number of amides is 1. The van der Waals surface area contributed by atoms with E-state index in [0.717, 1.165) is 13.0 Å². The molecule has 0 bridgehead atoms. The van der Waals surface area contributed by atoms with Crippen molar-refractivity contribution >= 4 is 5.91 Å². The highest BCUT2D eigenvalue weighted by atomic mass is 16.2. The number of aliphatic hydroxyl groups excluding tert-OH is 1. The maximum atomic E-state index is 12.5. The molecule has 0 aliphatic rings. The summed E-state index contributed by atoms with van der Waals surface area (Å²) in [6.45, 7) is 7.33. The molecule has 1 heterocycles. The first-order valence-corrected chi connectivity index (χ1v) is 6.98. The van der Waals surface area contributed by atoms with Crippen molar-refractivity contribution in [3.63, 3.8) is 0 Å². The predicted molar refractivity (Wildman–Crippen MR) is 79.2 cm³/mol. The number of nitrogens with zero attached hydrogens (tertiary/aromatic N) is 2. The zero-order valence-electron chi connectivity index (χ0n) is 12.4. The molecule has 0 aliphatic heterocycles. The summed E-state index contributed by atoms with van der Waals surface area (Å²) in [6, 6.07) is 3.49. The van der Waals surface area contributed by atoms with Crippen LogP contribution in [0.1, 0.15) is 43.2 Å². The molecular weight excluding hydrogens is 252 g/mol. The van der Waals surface area contributed by atoms with E-state index in [4.69, 9.17) is 5.11 Å². The molecule has 0 aliphatic carbocycles. The molecule has 108 valence electrons. The molecule has 1 rings (SSSR count). The van der Waals surface area contributed by atoms with Crippen molar-refractivity contribution in [1.82, 2.24) is 9.88 Å². The molecular formula is C16H22N2O2. The van der Waals surface area contributed by atoms with Gasteiger partial charge in [0, 0.05) is 19.3 Å². The van der Waals surface area contributed by atoms with Crippen molar-refractivity contribution in [2.45, 2.75) is 27.2 Å². The number of carbonyl (C=O) groups is 1. The van der Waals surface area contributed by atoms with Crippen LogP contribution in [0.2, 0.25) is 0 Å². The van der Waals surface area contributed by atoms with E-state index < -0.39 is 0 Å². The minimum atomic E-state index is -0.229. The zero-order chi connectivity index (χ0) is 15.0. The topological polar surface area (TPSA) is 53.4 Å². The molecule has 1 atom stereocenters. The Morgan fingerprint density at radius 1 is 1.50 bits per heavy atom. The van der Waals surface area contributed by atoms with Crippen LogP contribution in [0, 0.1) is 17.8 Å². The molecule has 1 aromatic rings. The van der Waals surface area contributed by atoms with Crippen molar-refractivity contribution < 1.29 is 9.90 Å². The zero-order valence-corrected chi connectivity index (χ0v) is 12.4. The summed E-state index contributed by atoms with van der Waals surface area (Å²) in [5.74, 6) is 5.70. The molecule has 4 heteroatoms. The molecule has 0 aromatic carbocycles. The number of hydrogen-bond acceptors (Lipinski definition) is 3. The van der Waals surface area contributed by atoms with Crippen LogP contribution in [0.3, 0.4) is 0 Å². The molecule has 0 radical (unpaired) electrons. The van der Waals surface area contributed by atoms with Gasteiger partial charge in [0.25, 0.3) is 5.91 Å². The highest BCUT2D eigenvalue weighted by Crippen LogP contribution is 2.11. The molecule has 4 nitrogen and oxygen atoms in total. The van der Waals surface area contributed by atoms with Crippen LogP contribution in [0.25, 0.3) is 0 Å². The fourth-order valence-corrected chi connectivity index (χ4v) is 1.82. The second kappa shape index (κ2) is 8.34. The van der Waals surface area contributed by atoms with Crippen molar-refractivity contribution in [3.8, 4) is 11.8 Å². The van der Waals surface area contributed by atoms with Crippen molar-refractivity contribution in [1.29, 1.82) is 0 Å². The maximum absolute atomic E-state index is 12.5. The van der Waals surface area contributed by atoms with Gasteiger partial charge in [0.15, 0.2) is 0 Å². The highest BCUT2D eigenvalue weighted by molar-refractivity contribution is 5.94. The van der Waals surface area contributed by atoms with Gasteiger partial charge in [-0.2, -0.15) is 0 Å².